The van der Waals surface area contributed by atoms with E-state index in [1.807, 2.05) is 48.5 Å². The Labute approximate surface area is 185 Å². The number of piperidine rings is 1. The number of likely N-dealkylation sites (tertiary alicyclic amines) is 1. The van der Waals surface area contributed by atoms with Crippen molar-refractivity contribution in [2.24, 2.45) is 5.73 Å². The largest absolute Gasteiger partial charge is 0.383 e. The molecule has 7 nitrogen and oxygen atoms in total. The molecule has 31 heavy (non-hydrogen) atoms. The van der Waals surface area contributed by atoms with Crippen LogP contribution >= 0.6 is 11.6 Å². The lowest BCUT2D eigenvalue weighted by Crippen LogP contribution is -2.34. The Morgan fingerprint density at radius 1 is 1.23 bits per heavy atom. The molecule has 1 amide bonds. The van der Waals surface area contributed by atoms with Crippen molar-refractivity contribution in [1.29, 1.82) is 5.26 Å². The molecule has 0 spiro atoms. The van der Waals surface area contributed by atoms with Gasteiger partial charge in [-0.05, 0) is 36.5 Å². The van der Waals surface area contributed by atoms with Gasteiger partial charge in [0.15, 0.2) is 6.19 Å². The van der Waals surface area contributed by atoms with Gasteiger partial charge in [-0.2, -0.15) is 10.4 Å². The van der Waals surface area contributed by atoms with E-state index < -0.39 is 5.91 Å². The van der Waals surface area contributed by atoms with Gasteiger partial charge in [0, 0.05) is 17.1 Å². The third-order valence-corrected chi connectivity index (χ3v) is 6.03. The first-order valence-electron chi connectivity index (χ1n) is 10.1. The Hall–Kier alpha value is -3.50. The molecule has 2 heterocycles. The van der Waals surface area contributed by atoms with Crippen molar-refractivity contribution in [2.45, 2.75) is 25.3 Å². The van der Waals surface area contributed by atoms with E-state index in [1.54, 1.807) is 9.58 Å². The smallest absolute Gasteiger partial charge is 0.254 e. The van der Waals surface area contributed by atoms with E-state index in [-0.39, 0.29) is 17.4 Å². The average Bonchev–Trinajstić information content (AvgIpc) is 3.13. The number of nitrogens with two attached hydrogens (primary N) is 2. The minimum absolute atomic E-state index is 0.0836. The van der Waals surface area contributed by atoms with Crippen molar-refractivity contribution in [3.8, 4) is 17.5 Å². The molecule has 1 aromatic heterocycles. The van der Waals surface area contributed by atoms with Crippen LogP contribution < -0.4 is 11.5 Å². The van der Waals surface area contributed by atoms with E-state index in [0.29, 0.717) is 18.7 Å². The molecule has 1 saturated heterocycles. The maximum atomic E-state index is 12.2. The van der Waals surface area contributed by atoms with Gasteiger partial charge in [0.25, 0.3) is 5.91 Å². The SMILES string of the molecule is N#CN1CCC[C@@H](n2nc(-c3ccc(Cc4ccccc4Cl)cc3)c(C(N)=O)c2N)C1. The fourth-order valence-electron chi connectivity index (χ4n) is 4.06. The van der Waals surface area contributed by atoms with Gasteiger partial charge >= 0.3 is 0 Å². The summed E-state index contributed by atoms with van der Waals surface area (Å²) in [6.07, 6.45) is 4.57. The topological polar surface area (TPSA) is 114 Å². The molecule has 2 aromatic carbocycles. The molecule has 0 aliphatic carbocycles. The van der Waals surface area contributed by atoms with Crippen LogP contribution in [-0.4, -0.2) is 33.7 Å². The van der Waals surface area contributed by atoms with Crippen molar-refractivity contribution in [2.75, 3.05) is 18.8 Å². The van der Waals surface area contributed by atoms with Gasteiger partial charge < -0.3 is 16.4 Å². The number of benzene rings is 2. The number of hydrogen-bond donors (Lipinski definition) is 2. The van der Waals surface area contributed by atoms with Crippen LogP contribution in [0.1, 0.15) is 40.4 Å². The zero-order valence-electron chi connectivity index (χ0n) is 17.0. The number of carbonyl (C=O) groups excluding carboxylic acids is 1. The molecule has 0 radical (unpaired) electrons. The molecule has 1 aliphatic heterocycles. The standard InChI is InChI=1S/C23H23ClN6O/c24-19-6-2-1-4-17(19)12-15-7-9-16(10-8-15)21-20(23(27)31)22(26)30(28-21)18-5-3-11-29(13-18)14-25/h1-2,4,6-10,18H,3,5,11-13,26H2,(H2,27,31)/t18-/m1/s1. The zero-order valence-corrected chi connectivity index (χ0v) is 17.7. The number of primary amides is 1. The number of anilines is 1. The summed E-state index contributed by atoms with van der Waals surface area (Å²) in [5, 5.41) is 14.6. The minimum Gasteiger partial charge on any atom is -0.383 e. The van der Waals surface area contributed by atoms with Crippen molar-refractivity contribution in [1.82, 2.24) is 14.7 Å². The summed E-state index contributed by atoms with van der Waals surface area (Å²) in [5.74, 6) is -0.376. The van der Waals surface area contributed by atoms with Gasteiger partial charge in [0.05, 0.1) is 12.6 Å². The molecule has 3 aromatic rings. The highest BCUT2D eigenvalue weighted by molar-refractivity contribution is 6.31. The number of nitrogens with zero attached hydrogens (tertiary/aromatic N) is 4. The second-order valence-electron chi connectivity index (χ2n) is 7.72. The Bertz CT molecular complexity index is 1150. The van der Waals surface area contributed by atoms with Crippen LogP contribution in [0.25, 0.3) is 11.3 Å². The number of carbonyl (C=O) groups is 1. The van der Waals surface area contributed by atoms with Crippen molar-refractivity contribution < 1.29 is 4.79 Å². The average molecular weight is 435 g/mol. The number of nitriles is 1. The second kappa shape index (κ2) is 8.70. The number of hydrogen-bond acceptors (Lipinski definition) is 5. The first-order chi connectivity index (χ1) is 15.0. The summed E-state index contributed by atoms with van der Waals surface area (Å²) in [6.45, 7) is 1.23. The third kappa shape index (κ3) is 4.21. The first-order valence-corrected chi connectivity index (χ1v) is 10.5. The Balaban J connectivity index is 1.65. The highest BCUT2D eigenvalue weighted by atomic mass is 35.5. The maximum Gasteiger partial charge on any atom is 0.254 e. The Morgan fingerprint density at radius 2 is 1.97 bits per heavy atom. The molecule has 0 saturated carbocycles. The number of halogens is 1. The van der Waals surface area contributed by atoms with Crippen molar-refractivity contribution in [3.63, 3.8) is 0 Å². The summed E-state index contributed by atoms with van der Waals surface area (Å²) in [4.78, 5) is 13.9. The molecular formula is C23H23ClN6O. The Morgan fingerprint density at radius 3 is 2.65 bits per heavy atom. The van der Waals surface area contributed by atoms with E-state index in [1.165, 1.54) is 0 Å². The van der Waals surface area contributed by atoms with E-state index in [0.717, 1.165) is 41.1 Å². The fourth-order valence-corrected chi connectivity index (χ4v) is 4.26. The maximum absolute atomic E-state index is 12.2. The molecule has 0 unspecified atom stereocenters. The molecule has 4 N–H and O–H groups in total. The van der Waals surface area contributed by atoms with Crippen molar-refractivity contribution >= 4 is 23.3 Å². The Kier molecular flexibility index (Phi) is 5.83. The predicted molar refractivity (Wildman–Crippen MR) is 120 cm³/mol. The van der Waals surface area contributed by atoms with Crippen LogP contribution in [0.15, 0.2) is 48.5 Å². The van der Waals surface area contributed by atoms with E-state index >= 15 is 0 Å². The molecule has 1 aliphatic rings. The third-order valence-electron chi connectivity index (χ3n) is 5.66. The highest BCUT2D eigenvalue weighted by Crippen LogP contribution is 2.32. The summed E-state index contributed by atoms with van der Waals surface area (Å²) in [6, 6.07) is 15.4. The lowest BCUT2D eigenvalue weighted by atomic mass is 10.0. The van der Waals surface area contributed by atoms with E-state index in [2.05, 4.69) is 11.3 Å². The lowest BCUT2D eigenvalue weighted by Gasteiger charge is -2.29. The van der Waals surface area contributed by atoms with Gasteiger partial charge in [-0.1, -0.05) is 54.1 Å². The number of rotatable bonds is 5. The minimum atomic E-state index is -0.619. The predicted octanol–water partition coefficient (Wildman–Crippen LogP) is 3.59. The van der Waals surface area contributed by atoms with Gasteiger partial charge in [-0.15, -0.1) is 0 Å². The van der Waals surface area contributed by atoms with Crippen LogP contribution in [0.4, 0.5) is 5.82 Å². The molecule has 8 heteroatoms. The lowest BCUT2D eigenvalue weighted by molar-refractivity contribution is 0.100. The molecule has 1 atom stereocenters. The summed E-state index contributed by atoms with van der Waals surface area (Å²) < 4.78 is 1.65. The van der Waals surface area contributed by atoms with Gasteiger partial charge in [-0.25, -0.2) is 4.68 Å². The fraction of sp³-hybridized carbons (Fsp3) is 0.261. The highest BCUT2D eigenvalue weighted by Gasteiger charge is 2.28. The normalized spacial score (nSPS) is 16.1. The second-order valence-corrected chi connectivity index (χ2v) is 8.13. The quantitative estimate of drug-likeness (QED) is 0.595. The molecular weight excluding hydrogens is 412 g/mol. The monoisotopic (exact) mass is 434 g/mol. The van der Waals surface area contributed by atoms with E-state index in [4.69, 9.17) is 23.1 Å². The van der Waals surface area contributed by atoms with Gasteiger partial charge in [-0.3, -0.25) is 4.79 Å². The molecule has 0 bridgehead atoms. The van der Waals surface area contributed by atoms with Crippen LogP contribution in [-0.2, 0) is 6.42 Å². The summed E-state index contributed by atoms with van der Waals surface area (Å²) in [7, 11) is 0. The molecule has 4 rings (SSSR count). The van der Waals surface area contributed by atoms with Crippen LogP contribution in [0.3, 0.4) is 0 Å². The molecule has 158 valence electrons. The molecule has 1 fully saturated rings. The van der Waals surface area contributed by atoms with Crippen LogP contribution in [0, 0.1) is 11.5 Å². The number of amides is 1. The number of aromatic nitrogens is 2. The zero-order chi connectivity index (χ0) is 22.0. The van der Waals surface area contributed by atoms with Gasteiger partial charge in [0.2, 0.25) is 0 Å². The summed E-state index contributed by atoms with van der Waals surface area (Å²) >= 11 is 6.27. The summed E-state index contributed by atoms with van der Waals surface area (Å²) in [5.41, 5.74) is 15.5. The van der Waals surface area contributed by atoms with Crippen LogP contribution in [0.5, 0.6) is 0 Å². The van der Waals surface area contributed by atoms with Crippen LogP contribution in [0.2, 0.25) is 5.02 Å². The van der Waals surface area contributed by atoms with Gasteiger partial charge in [0.1, 0.15) is 17.1 Å². The van der Waals surface area contributed by atoms with Crippen molar-refractivity contribution in [3.05, 3.63) is 70.2 Å². The van der Waals surface area contributed by atoms with E-state index in [9.17, 15) is 10.1 Å². The first kappa shape index (κ1) is 20.8. The number of nitrogen functional groups attached to an aromatic ring is 1.